The third kappa shape index (κ3) is 4.40. The summed E-state index contributed by atoms with van der Waals surface area (Å²) in [5.74, 6) is -0.0659. The molecule has 0 saturated heterocycles. The van der Waals surface area contributed by atoms with Gasteiger partial charge in [0, 0.05) is 11.1 Å². The first-order chi connectivity index (χ1) is 13.6. The molecule has 1 amide bonds. The van der Waals surface area contributed by atoms with Gasteiger partial charge in [-0.25, -0.2) is 4.79 Å². The highest BCUT2D eigenvalue weighted by atomic mass is 16.5. The maximum Gasteiger partial charge on any atom is 0.338 e. The number of fused-ring (bicyclic) bond motifs is 1. The second kappa shape index (κ2) is 8.90. The van der Waals surface area contributed by atoms with Crippen molar-refractivity contribution in [1.82, 2.24) is 0 Å². The number of ether oxygens (including phenoxy) is 3. The zero-order valence-corrected chi connectivity index (χ0v) is 15.7. The molecule has 1 N–H and O–H groups in total. The quantitative estimate of drug-likeness (QED) is 0.627. The number of carbonyl (C=O) groups excluding carboxylic acids is 2. The number of esters is 1. The van der Waals surface area contributed by atoms with Crippen LogP contribution in [0, 0.1) is 0 Å². The third-order valence-electron chi connectivity index (χ3n) is 4.10. The van der Waals surface area contributed by atoms with Gasteiger partial charge in [0.15, 0.2) is 18.1 Å². The molecule has 0 aliphatic rings. The lowest BCUT2D eigenvalue weighted by atomic mass is 10.1. The molecule has 0 radical (unpaired) electrons. The van der Waals surface area contributed by atoms with Crippen molar-refractivity contribution in [2.45, 2.75) is 6.92 Å². The highest BCUT2D eigenvalue weighted by Gasteiger charge is 2.14. The smallest absolute Gasteiger partial charge is 0.338 e. The van der Waals surface area contributed by atoms with Crippen molar-refractivity contribution in [2.75, 3.05) is 25.6 Å². The van der Waals surface area contributed by atoms with Crippen molar-refractivity contribution in [3.63, 3.8) is 0 Å². The summed E-state index contributed by atoms with van der Waals surface area (Å²) >= 11 is 0. The summed E-state index contributed by atoms with van der Waals surface area (Å²) in [5, 5.41) is 4.71. The number of rotatable bonds is 7. The summed E-state index contributed by atoms with van der Waals surface area (Å²) in [4.78, 5) is 24.5. The zero-order chi connectivity index (χ0) is 19.9. The Kier molecular flexibility index (Phi) is 6.11. The molecule has 0 fully saturated rings. The van der Waals surface area contributed by atoms with Gasteiger partial charge in [-0.15, -0.1) is 0 Å². The van der Waals surface area contributed by atoms with E-state index >= 15 is 0 Å². The van der Waals surface area contributed by atoms with E-state index in [-0.39, 0.29) is 5.56 Å². The Labute approximate surface area is 163 Å². The lowest BCUT2D eigenvalue weighted by molar-refractivity contribution is -0.119. The predicted molar refractivity (Wildman–Crippen MR) is 107 cm³/mol. The summed E-state index contributed by atoms with van der Waals surface area (Å²) in [6.07, 6.45) is 0. The predicted octanol–water partition coefficient (Wildman–Crippen LogP) is 4.04. The molecular weight excluding hydrogens is 358 g/mol. The Morgan fingerprint density at radius 3 is 2.54 bits per heavy atom. The second-order valence-corrected chi connectivity index (χ2v) is 5.95. The first kappa shape index (κ1) is 19.2. The van der Waals surface area contributed by atoms with E-state index in [1.165, 1.54) is 13.2 Å². The average molecular weight is 379 g/mol. The van der Waals surface area contributed by atoms with Crippen molar-refractivity contribution in [3.8, 4) is 11.5 Å². The molecule has 0 unspecified atom stereocenters. The molecule has 0 heterocycles. The van der Waals surface area contributed by atoms with Crippen LogP contribution < -0.4 is 14.8 Å². The maximum atomic E-state index is 12.3. The minimum atomic E-state index is -0.616. The van der Waals surface area contributed by atoms with Crippen LogP contribution in [-0.2, 0) is 9.53 Å². The second-order valence-electron chi connectivity index (χ2n) is 5.95. The molecule has 0 aliphatic heterocycles. The van der Waals surface area contributed by atoms with Gasteiger partial charge in [-0.3, -0.25) is 4.79 Å². The van der Waals surface area contributed by atoms with Gasteiger partial charge in [0.2, 0.25) is 0 Å². The van der Waals surface area contributed by atoms with Crippen LogP contribution in [0.15, 0.2) is 60.7 Å². The monoisotopic (exact) mass is 379 g/mol. The molecule has 0 bridgehead atoms. The van der Waals surface area contributed by atoms with Crippen LogP contribution in [0.2, 0.25) is 0 Å². The summed E-state index contributed by atoms with van der Waals surface area (Å²) in [5.41, 5.74) is 0.945. The standard InChI is InChI=1S/C22H21NO5/c1-3-27-19-12-11-16(13-20(19)26-2)22(25)28-14-21(24)23-18-10-6-8-15-7-4-5-9-17(15)18/h4-13H,3,14H2,1-2H3,(H,23,24). The molecule has 0 saturated carbocycles. The van der Waals surface area contributed by atoms with Crippen LogP contribution in [0.5, 0.6) is 11.5 Å². The Bertz CT molecular complexity index is 994. The number of amides is 1. The first-order valence-electron chi connectivity index (χ1n) is 8.88. The van der Waals surface area contributed by atoms with E-state index in [1.807, 2.05) is 43.3 Å². The molecule has 3 rings (SSSR count). The lowest BCUT2D eigenvalue weighted by Gasteiger charge is -2.11. The largest absolute Gasteiger partial charge is 0.493 e. The number of carbonyl (C=O) groups is 2. The van der Waals surface area contributed by atoms with Gasteiger partial charge >= 0.3 is 5.97 Å². The van der Waals surface area contributed by atoms with E-state index in [9.17, 15) is 9.59 Å². The lowest BCUT2D eigenvalue weighted by Crippen LogP contribution is -2.21. The SMILES string of the molecule is CCOc1ccc(C(=O)OCC(=O)Nc2cccc3ccccc23)cc1OC. The normalized spacial score (nSPS) is 10.4. The average Bonchev–Trinajstić information content (AvgIpc) is 2.73. The number of anilines is 1. The maximum absolute atomic E-state index is 12.3. The van der Waals surface area contributed by atoms with Crippen LogP contribution in [-0.4, -0.2) is 32.2 Å². The van der Waals surface area contributed by atoms with Gasteiger partial charge in [-0.2, -0.15) is 0 Å². The third-order valence-corrected chi connectivity index (χ3v) is 4.10. The van der Waals surface area contributed by atoms with E-state index in [1.54, 1.807) is 18.2 Å². The van der Waals surface area contributed by atoms with E-state index in [0.717, 1.165) is 10.8 Å². The van der Waals surface area contributed by atoms with Gasteiger partial charge in [0.1, 0.15) is 0 Å². The number of methoxy groups -OCH3 is 1. The molecule has 0 aliphatic carbocycles. The fourth-order valence-electron chi connectivity index (χ4n) is 2.80. The minimum absolute atomic E-state index is 0.276. The number of hydrogen-bond donors (Lipinski definition) is 1. The molecule has 6 nitrogen and oxygen atoms in total. The first-order valence-corrected chi connectivity index (χ1v) is 8.88. The van der Waals surface area contributed by atoms with Gasteiger partial charge < -0.3 is 19.5 Å². The Morgan fingerprint density at radius 2 is 1.75 bits per heavy atom. The van der Waals surface area contributed by atoms with E-state index in [2.05, 4.69) is 5.32 Å². The van der Waals surface area contributed by atoms with E-state index < -0.39 is 18.5 Å². The number of benzene rings is 3. The van der Waals surface area contributed by atoms with Crippen LogP contribution in [0.3, 0.4) is 0 Å². The van der Waals surface area contributed by atoms with Crippen molar-refractivity contribution in [1.29, 1.82) is 0 Å². The van der Waals surface area contributed by atoms with Crippen molar-refractivity contribution in [3.05, 3.63) is 66.2 Å². The van der Waals surface area contributed by atoms with Crippen LogP contribution in [0.25, 0.3) is 10.8 Å². The highest BCUT2D eigenvalue weighted by Crippen LogP contribution is 2.28. The van der Waals surface area contributed by atoms with Gasteiger partial charge in [0.05, 0.1) is 19.3 Å². The fourth-order valence-corrected chi connectivity index (χ4v) is 2.80. The molecular formula is C22H21NO5. The van der Waals surface area contributed by atoms with Crippen molar-refractivity contribution < 1.29 is 23.8 Å². The topological polar surface area (TPSA) is 73.9 Å². The van der Waals surface area contributed by atoms with E-state index in [0.29, 0.717) is 23.8 Å². The molecule has 144 valence electrons. The molecule has 0 aromatic heterocycles. The highest BCUT2D eigenvalue weighted by molar-refractivity contribution is 6.03. The summed E-state index contributed by atoms with van der Waals surface area (Å²) in [6, 6.07) is 18.1. The van der Waals surface area contributed by atoms with E-state index in [4.69, 9.17) is 14.2 Å². The molecule has 0 atom stereocenters. The molecule has 0 spiro atoms. The minimum Gasteiger partial charge on any atom is -0.493 e. The molecule has 28 heavy (non-hydrogen) atoms. The summed E-state index contributed by atoms with van der Waals surface area (Å²) in [6.45, 7) is 1.95. The van der Waals surface area contributed by atoms with Crippen LogP contribution >= 0.6 is 0 Å². The van der Waals surface area contributed by atoms with Gasteiger partial charge in [-0.05, 0) is 36.6 Å². The fraction of sp³-hybridized carbons (Fsp3) is 0.182. The van der Waals surface area contributed by atoms with Gasteiger partial charge in [-0.1, -0.05) is 36.4 Å². The Hall–Kier alpha value is -3.54. The Balaban J connectivity index is 1.63. The molecule has 3 aromatic rings. The van der Waals surface area contributed by atoms with Crippen molar-refractivity contribution in [2.24, 2.45) is 0 Å². The molecule has 3 aromatic carbocycles. The Morgan fingerprint density at radius 1 is 0.964 bits per heavy atom. The number of hydrogen-bond acceptors (Lipinski definition) is 5. The van der Waals surface area contributed by atoms with Gasteiger partial charge in [0.25, 0.3) is 5.91 Å². The van der Waals surface area contributed by atoms with Crippen LogP contribution in [0.1, 0.15) is 17.3 Å². The summed E-state index contributed by atoms with van der Waals surface area (Å²) < 4.78 is 15.8. The summed E-state index contributed by atoms with van der Waals surface area (Å²) in [7, 11) is 1.49. The number of nitrogens with one attached hydrogen (secondary N) is 1. The molecule has 6 heteroatoms. The van der Waals surface area contributed by atoms with Crippen LogP contribution in [0.4, 0.5) is 5.69 Å². The zero-order valence-electron chi connectivity index (χ0n) is 15.7. The van der Waals surface area contributed by atoms with Crippen molar-refractivity contribution >= 4 is 28.3 Å².